The van der Waals surface area contributed by atoms with Crippen molar-refractivity contribution in [3.63, 3.8) is 0 Å². The topological polar surface area (TPSA) is 58.1 Å². The Kier molecular flexibility index (Phi) is 4.68. The van der Waals surface area contributed by atoms with Crippen molar-refractivity contribution >= 4 is 11.7 Å². The van der Waals surface area contributed by atoms with E-state index >= 15 is 0 Å². The van der Waals surface area contributed by atoms with Gasteiger partial charge in [0.1, 0.15) is 11.5 Å². The van der Waals surface area contributed by atoms with Gasteiger partial charge in [-0.15, -0.1) is 0 Å². The lowest BCUT2D eigenvalue weighted by atomic mass is 9.96. The van der Waals surface area contributed by atoms with Crippen LogP contribution in [0.3, 0.4) is 0 Å². The summed E-state index contributed by atoms with van der Waals surface area (Å²) in [6.07, 6.45) is 13.1. The molecule has 2 heterocycles. The Morgan fingerprint density at radius 2 is 1.71 bits per heavy atom. The van der Waals surface area contributed by atoms with E-state index in [-0.39, 0.29) is 5.91 Å². The zero-order chi connectivity index (χ0) is 14.5. The maximum atomic E-state index is 12.3. The molecule has 1 saturated carbocycles. The number of hydrogen-bond donors (Lipinski definition) is 1. The number of hydrogen-bond acceptors (Lipinski definition) is 4. The van der Waals surface area contributed by atoms with Gasteiger partial charge in [0.25, 0.3) is 5.91 Å². The minimum atomic E-state index is 0.0198. The molecule has 1 aromatic rings. The molecule has 1 aliphatic heterocycles. The van der Waals surface area contributed by atoms with Gasteiger partial charge in [-0.25, -0.2) is 9.97 Å². The minimum absolute atomic E-state index is 0.0198. The predicted octanol–water partition coefficient (Wildman–Crippen LogP) is 2.85. The highest BCUT2D eigenvalue weighted by Crippen LogP contribution is 2.20. The third-order valence-corrected chi connectivity index (χ3v) is 4.47. The lowest BCUT2D eigenvalue weighted by Crippen LogP contribution is -2.36. The van der Waals surface area contributed by atoms with Crippen molar-refractivity contribution in [2.75, 3.05) is 18.4 Å². The highest BCUT2D eigenvalue weighted by atomic mass is 16.2. The third kappa shape index (κ3) is 3.71. The summed E-state index contributed by atoms with van der Waals surface area (Å²) in [5, 5.41) is 3.43. The molecule has 1 amide bonds. The van der Waals surface area contributed by atoms with Crippen LogP contribution in [0.4, 0.5) is 5.82 Å². The molecule has 0 spiro atoms. The molecule has 0 bridgehead atoms. The zero-order valence-corrected chi connectivity index (χ0v) is 12.6. The molecular formula is C16H24N4O. The molecule has 5 heteroatoms. The average Bonchev–Trinajstić information content (AvgIpc) is 2.57. The van der Waals surface area contributed by atoms with Gasteiger partial charge in [0.2, 0.25) is 0 Å². The zero-order valence-electron chi connectivity index (χ0n) is 12.6. The second kappa shape index (κ2) is 6.87. The molecule has 114 valence electrons. The summed E-state index contributed by atoms with van der Waals surface area (Å²) < 4.78 is 0. The number of likely N-dealkylation sites (tertiary alicyclic amines) is 1. The predicted molar refractivity (Wildman–Crippen MR) is 82.3 cm³/mol. The van der Waals surface area contributed by atoms with Gasteiger partial charge in [0, 0.05) is 19.1 Å². The Labute approximate surface area is 126 Å². The van der Waals surface area contributed by atoms with Crippen LogP contribution in [0.1, 0.15) is 61.9 Å². The SMILES string of the molecule is O=C(c1cnc(NC2CCCCC2)cn1)N1CCCCC1. The van der Waals surface area contributed by atoms with Crippen molar-refractivity contribution in [3.8, 4) is 0 Å². The van der Waals surface area contributed by atoms with Crippen LogP contribution < -0.4 is 5.32 Å². The second-order valence-corrected chi connectivity index (χ2v) is 6.12. The number of carbonyl (C=O) groups excluding carboxylic acids is 1. The molecule has 1 aliphatic carbocycles. The standard InChI is InChI=1S/C16H24N4O/c21-16(20-9-5-2-6-10-20)14-11-18-15(12-17-14)19-13-7-3-1-4-8-13/h11-13H,1-10H2,(H,18,19). The molecule has 0 radical (unpaired) electrons. The first-order chi connectivity index (χ1) is 10.3. The Morgan fingerprint density at radius 3 is 2.38 bits per heavy atom. The summed E-state index contributed by atoms with van der Waals surface area (Å²) in [7, 11) is 0. The first-order valence-corrected chi connectivity index (χ1v) is 8.21. The van der Waals surface area contributed by atoms with E-state index in [1.807, 2.05) is 4.90 Å². The first kappa shape index (κ1) is 14.3. The smallest absolute Gasteiger partial charge is 0.274 e. The molecule has 1 N–H and O–H groups in total. The Balaban J connectivity index is 1.59. The maximum Gasteiger partial charge on any atom is 0.274 e. The summed E-state index contributed by atoms with van der Waals surface area (Å²) in [5.74, 6) is 0.809. The lowest BCUT2D eigenvalue weighted by Gasteiger charge is -2.26. The van der Waals surface area contributed by atoms with Crippen molar-refractivity contribution in [1.82, 2.24) is 14.9 Å². The molecule has 1 saturated heterocycles. The first-order valence-electron chi connectivity index (χ1n) is 8.21. The molecule has 0 atom stereocenters. The van der Waals surface area contributed by atoms with Gasteiger partial charge in [-0.1, -0.05) is 19.3 Å². The third-order valence-electron chi connectivity index (χ3n) is 4.47. The Morgan fingerprint density at radius 1 is 1.00 bits per heavy atom. The van der Waals surface area contributed by atoms with Gasteiger partial charge in [-0.3, -0.25) is 4.79 Å². The fourth-order valence-electron chi connectivity index (χ4n) is 3.23. The van der Waals surface area contributed by atoms with E-state index < -0.39 is 0 Å². The van der Waals surface area contributed by atoms with Crippen LogP contribution in [-0.2, 0) is 0 Å². The molecule has 0 unspecified atom stereocenters. The van der Waals surface area contributed by atoms with E-state index in [0.29, 0.717) is 11.7 Å². The molecule has 2 aliphatic rings. The van der Waals surface area contributed by atoms with Crippen molar-refractivity contribution in [3.05, 3.63) is 18.1 Å². The molecule has 21 heavy (non-hydrogen) atoms. The highest BCUT2D eigenvalue weighted by molar-refractivity contribution is 5.92. The number of piperidine rings is 1. The number of nitrogens with one attached hydrogen (secondary N) is 1. The van der Waals surface area contributed by atoms with E-state index in [0.717, 1.165) is 31.7 Å². The molecule has 0 aromatic carbocycles. The average molecular weight is 288 g/mol. The van der Waals surface area contributed by atoms with E-state index in [9.17, 15) is 4.79 Å². The van der Waals surface area contributed by atoms with E-state index in [1.165, 1.54) is 38.5 Å². The summed E-state index contributed by atoms with van der Waals surface area (Å²) in [6.45, 7) is 1.70. The van der Waals surface area contributed by atoms with Crippen LogP contribution >= 0.6 is 0 Å². The summed E-state index contributed by atoms with van der Waals surface area (Å²) in [4.78, 5) is 22.9. The van der Waals surface area contributed by atoms with Gasteiger partial charge >= 0.3 is 0 Å². The van der Waals surface area contributed by atoms with Gasteiger partial charge < -0.3 is 10.2 Å². The van der Waals surface area contributed by atoms with Crippen molar-refractivity contribution in [2.24, 2.45) is 0 Å². The summed E-state index contributed by atoms with van der Waals surface area (Å²) in [6, 6.07) is 0.511. The van der Waals surface area contributed by atoms with Crippen LogP contribution in [0.25, 0.3) is 0 Å². The highest BCUT2D eigenvalue weighted by Gasteiger charge is 2.20. The van der Waals surface area contributed by atoms with E-state index in [1.54, 1.807) is 12.4 Å². The number of carbonyl (C=O) groups is 1. The van der Waals surface area contributed by atoms with Gasteiger partial charge in [-0.05, 0) is 32.1 Å². The van der Waals surface area contributed by atoms with Crippen LogP contribution in [0.5, 0.6) is 0 Å². The second-order valence-electron chi connectivity index (χ2n) is 6.12. The maximum absolute atomic E-state index is 12.3. The van der Waals surface area contributed by atoms with Crippen LogP contribution in [-0.4, -0.2) is 39.9 Å². The summed E-state index contributed by atoms with van der Waals surface area (Å²) >= 11 is 0. The molecule has 1 aromatic heterocycles. The van der Waals surface area contributed by atoms with Gasteiger partial charge in [0.05, 0.1) is 12.4 Å². The van der Waals surface area contributed by atoms with Crippen LogP contribution in [0.2, 0.25) is 0 Å². The van der Waals surface area contributed by atoms with Gasteiger partial charge in [0.15, 0.2) is 0 Å². The Bertz CT molecular complexity index is 462. The van der Waals surface area contributed by atoms with E-state index in [4.69, 9.17) is 0 Å². The number of nitrogens with zero attached hydrogens (tertiary/aromatic N) is 3. The fraction of sp³-hybridized carbons (Fsp3) is 0.688. The largest absolute Gasteiger partial charge is 0.366 e. The Hall–Kier alpha value is -1.65. The monoisotopic (exact) mass is 288 g/mol. The fourth-order valence-corrected chi connectivity index (χ4v) is 3.23. The summed E-state index contributed by atoms with van der Waals surface area (Å²) in [5.41, 5.74) is 0.464. The molecule has 2 fully saturated rings. The minimum Gasteiger partial charge on any atom is -0.366 e. The van der Waals surface area contributed by atoms with Crippen molar-refractivity contribution < 1.29 is 4.79 Å². The number of aromatic nitrogens is 2. The molecule has 3 rings (SSSR count). The number of anilines is 1. The normalized spacial score (nSPS) is 20.3. The quantitative estimate of drug-likeness (QED) is 0.929. The lowest BCUT2D eigenvalue weighted by molar-refractivity contribution is 0.0718. The van der Waals surface area contributed by atoms with Crippen molar-refractivity contribution in [1.29, 1.82) is 0 Å². The number of amides is 1. The number of rotatable bonds is 3. The molecule has 5 nitrogen and oxygen atoms in total. The van der Waals surface area contributed by atoms with E-state index in [2.05, 4.69) is 15.3 Å². The van der Waals surface area contributed by atoms with Crippen molar-refractivity contribution in [2.45, 2.75) is 57.4 Å². The van der Waals surface area contributed by atoms with Gasteiger partial charge in [-0.2, -0.15) is 0 Å². The molecular weight excluding hydrogens is 264 g/mol. The van der Waals surface area contributed by atoms with Crippen LogP contribution in [0.15, 0.2) is 12.4 Å². The van der Waals surface area contributed by atoms with Crippen LogP contribution in [0, 0.1) is 0 Å².